The first-order valence-electron chi connectivity index (χ1n) is 15.2. The topological polar surface area (TPSA) is 112 Å². The SMILES string of the molecule is CC[C@@H]1CN2CCC1C[C@@H]2[C@@H](O)c1ccnc2ccc(OC)cc12.Oc1nc(-c2ccccc2)nc(O)c1-c1ccccc1. The number of nitrogens with zero attached hydrogens (tertiary/aromatic N) is 4. The zero-order valence-electron chi connectivity index (χ0n) is 25.0. The third-order valence-electron chi connectivity index (χ3n) is 9.09. The van der Waals surface area contributed by atoms with Gasteiger partial charge in [-0.25, -0.2) is 0 Å². The molecular formula is C36H38N4O4. The van der Waals surface area contributed by atoms with Gasteiger partial charge in [0.2, 0.25) is 11.8 Å². The highest BCUT2D eigenvalue weighted by atomic mass is 16.5. The fourth-order valence-electron chi connectivity index (χ4n) is 6.73. The molecule has 0 amide bonds. The summed E-state index contributed by atoms with van der Waals surface area (Å²) in [6, 6.07) is 26.3. The maximum atomic E-state index is 11.2. The molecule has 3 aromatic carbocycles. The Morgan fingerprint density at radius 3 is 2.20 bits per heavy atom. The second-order valence-electron chi connectivity index (χ2n) is 11.5. The standard InChI is InChI=1S/C20H26N2O2.C16H12N2O2/c1-3-13-12-22-9-7-14(13)10-19(22)20(23)16-6-8-21-18-5-4-15(24-2)11-17(16)18;19-15-13(11-7-3-1-4-8-11)16(20)18-14(17-15)12-9-5-2-6-10-12/h4-6,8,11,13-14,19-20,23H,3,7,9-10,12H2,1-2H3;1-10H,(H2,17,18,19,20)/t13-,14?,19-,20+;/m1./s1. The van der Waals surface area contributed by atoms with Crippen LogP contribution in [0, 0.1) is 11.8 Å². The smallest absolute Gasteiger partial charge is 0.226 e. The van der Waals surface area contributed by atoms with Crippen molar-refractivity contribution in [1.29, 1.82) is 0 Å². The Hall–Kier alpha value is -4.53. The fraction of sp³-hybridized carbons (Fsp3) is 0.306. The maximum Gasteiger partial charge on any atom is 0.226 e. The van der Waals surface area contributed by atoms with Gasteiger partial charge in [-0.2, -0.15) is 9.97 Å². The Bertz CT molecular complexity index is 1690. The van der Waals surface area contributed by atoms with Crippen LogP contribution in [0.1, 0.15) is 37.9 Å². The first-order valence-corrected chi connectivity index (χ1v) is 15.2. The van der Waals surface area contributed by atoms with E-state index in [0.29, 0.717) is 11.4 Å². The number of aliphatic hydroxyl groups is 1. The van der Waals surface area contributed by atoms with Crippen LogP contribution in [-0.2, 0) is 0 Å². The Morgan fingerprint density at radius 1 is 0.909 bits per heavy atom. The molecule has 3 fully saturated rings. The average molecular weight is 591 g/mol. The van der Waals surface area contributed by atoms with Gasteiger partial charge < -0.3 is 20.1 Å². The van der Waals surface area contributed by atoms with Gasteiger partial charge >= 0.3 is 0 Å². The summed E-state index contributed by atoms with van der Waals surface area (Å²) in [5, 5.41) is 32.3. The number of aromatic nitrogens is 3. The molecule has 8 nitrogen and oxygen atoms in total. The second-order valence-corrected chi connectivity index (χ2v) is 11.5. The number of piperidine rings is 3. The summed E-state index contributed by atoms with van der Waals surface area (Å²) in [4.78, 5) is 15.1. The van der Waals surface area contributed by atoms with Crippen LogP contribution in [0.2, 0.25) is 0 Å². The van der Waals surface area contributed by atoms with E-state index in [-0.39, 0.29) is 23.4 Å². The summed E-state index contributed by atoms with van der Waals surface area (Å²) in [5.41, 5.74) is 3.53. The Morgan fingerprint density at radius 2 is 1.59 bits per heavy atom. The molecule has 226 valence electrons. The van der Waals surface area contributed by atoms with E-state index in [1.54, 1.807) is 25.4 Å². The first-order chi connectivity index (χ1) is 21.5. The molecular weight excluding hydrogens is 552 g/mol. The number of aromatic hydroxyl groups is 2. The number of benzene rings is 3. The van der Waals surface area contributed by atoms with Crippen LogP contribution in [0.4, 0.5) is 0 Å². The number of pyridine rings is 1. The lowest BCUT2D eigenvalue weighted by Crippen LogP contribution is -2.55. The lowest BCUT2D eigenvalue weighted by Gasteiger charge is -2.51. The minimum Gasteiger partial charge on any atom is -0.497 e. The molecule has 3 N–H and O–H groups in total. The van der Waals surface area contributed by atoms with Crippen molar-refractivity contribution in [3.63, 3.8) is 0 Å². The number of aliphatic hydroxyl groups excluding tert-OH is 1. The van der Waals surface area contributed by atoms with Crippen molar-refractivity contribution in [2.24, 2.45) is 11.8 Å². The van der Waals surface area contributed by atoms with Crippen LogP contribution >= 0.6 is 0 Å². The molecule has 5 heterocycles. The van der Waals surface area contributed by atoms with Crippen LogP contribution < -0.4 is 4.74 Å². The van der Waals surface area contributed by atoms with E-state index >= 15 is 0 Å². The van der Waals surface area contributed by atoms with E-state index in [1.807, 2.05) is 72.8 Å². The molecule has 0 radical (unpaired) electrons. The normalized spacial score (nSPS) is 21.3. The van der Waals surface area contributed by atoms with Gasteiger partial charge in [-0.15, -0.1) is 0 Å². The maximum absolute atomic E-state index is 11.2. The van der Waals surface area contributed by atoms with Gasteiger partial charge in [0, 0.05) is 29.7 Å². The highest BCUT2D eigenvalue weighted by Gasteiger charge is 2.42. The quantitative estimate of drug-likeness (QED) is 0.202. The van der Waals surface area contributed by atoms with Gasteiger partial charge in [0.05, 0.1) is 18.7 Å². The van der Waals surface area contributed by atoms with Gasteiger partial charge in [-0.3, -0.25) is 9.88 Å². The lowest BCUT2D eigenvalue weighted by atomic mass is 9.72. The van der Waals surface area contributed by atoms with E-state index in [2.05, 4.69) is 26.8 Å². The second kappa shape index (κ2) is 13.0. The number of hydrogen-bond acceptors (Lipinski definition) is 8. The van der Waals surface area contributed by atoms with Crippen molar-refractivity contribution >= 4 is 10.9 Å². The molecule has 2 aromatic heterocycles. The predicted octanol–water partition coefficient (Wildman–Crippen LogP) is 6.62. The molecule has 3 aliphatic rings. The van der Waals surface area contributed by atoms with Crippen LogP contribution in [0.3, 0.4) is 0 Å². The van der Waals surface area contributed by atoms with E-state index in [0.717, 1.165) is 59.1 Å². The third-order valence-corrected chi connectivity index (χ3v) is 9.09. The molecule has 2 unspecified atom stereocenters. The first kappa shape index (κ1) is 29.5. The monoisotopic (exact) mass is 590 g/mol. The number of ether oxygens (including phenoxy) is 1. The molecule has 3 saturated heterocycles. The van der Waals surface area contributed by atoms with Gasteiger partial charge in [-0.1, -0.05) is 74.0 Å². The van der Waals surface area contributed by atoms with Crippen molar-refractivity contribution in [3.8, 4) is 40.0 Å². The number of rotatable bonds is 6. The van der Waals surface area contributed by atoms with Crippen molar-refractivity contribution in [2.45, 2.75) is 38.3 Å². The summed E-state index contributed by atoms with van der Waals surface area (Å²) < 4.78 is 5.36. The zero-order chi connectivity index (χ0) is 30.6. The summed E-state index contributed by atoms with van der Waals surface area (Å²) in [7, 11) is 1.67. The van der Waals surface area contributed by atoms with E-state index in [4.69, 9.17) is 4.74 Å². The third kappa shape index (κ3) is 5.96. The molecule has 2 bridgehead atoms. The van der Waals surface area contributed by atoms with Crippen molar-refractivity contribution in [2.75, 3.05) is 20.2 Å². The Labute approximate surface area is 257 Å². The molecule has 8 rings (SSSR count). The van der Waals surface area contributed by atoms with Crippen molar-refractivity contribution < 1.29 is 20.1 Å². The Kier molecular flexibility index (Phi) is 8.72. The molecule has 5 aromatic rings. The lowest BCUT2D eigenvalue weighted by molar-refractivity contribution is -0.0562. The summed E-state index contributed by atoms with van der Waals surface area (Å²) in [6.45, 7) is 4.55. The largest absolute Gasteiger partial charge is 0.497 e. The molecule has 0 spiro atoms. The minimum atomic E-state index is -0.469. The number of fused-ring (bicyclic) bond motifs is 4. The van der Waals surface area contributed by atoms with E-state index in [1.165, 1.54) is 12.8 Å². The van der Waals surface area contributed by atoms with Crippen LogP contribution in [0.15, 0.2) is 91.1 Å². The van der Waals surface area contributed by atoms with Gasteiger partial charge in [-0.05, 0) is 66.6 Å². The molecule has 3 aliphatic heterocycles. The van der Waals surface area contributed by atoms with Gasteiger partial charge in [0.1, 0.15) is 11.3 Å². The highest BCUT2D eigenvalue weighted by Crippen LogP contribution is 2.43. The summed E-state index contributed by atoms with van der Waals surface area (Å²) in [5.74, 6) is 2.20. The summed E-state index contributed by atoms with van der Waals surface area (Å²) >= 11 is 0. The minimum absolute atomic E-state index is 0.225. The fourth-order valence-corrected chi connectivity index (χ4v) is 6.73. The predicted molar refractivity (Wildman–Crippen MR) is 171 cm³/mol. The van der Waals surface area contributed by atoms with Crippen LogP contribution in [0.25, 0.3) is 33.4 Å². The van der Waals surface area contributed by atoms with Gasteiger partial charge in [0.25, 0.3) is 0 Å². The highest BCUT2D eigenvalue weighted by molar-refractivity contribution is 5.84. The number of hydrogen-bond donors (Lipinski definition) is 3. The Balaban J connectivity index is 0.000000159. The van der Waals surface area contributed by atoms with E-state index < -0.39 is 6.10 Å². The van der Waals surface area contributed by atoms with Crippen molar-refractivity contribution in [3.05, 3.63) is 96.7 Å². The molecule has 44 heavy (non-hydrogen) atoms. The molecule has 0 aliphatic carbocycles. The average Bonchev–Trinajstić information content (AvgIpc) is 3.08. The van der Waals surface area contributed by atoms with E-state index in [9.17, 15) is 15.3 Å². The van der Waals surface area contributed by atoms with Crippen molar-refractivity contribution in [1.82, 2.24) is 19.9 Å². The number of methoxy groups -OCH3 is 1. The summed E-state index contributed by atoms with van der Waals surface area (Å²) in [6.07, 6.45) is 4.97. The van der Waals surface area contributed by atoms with Gasteiger partial charge in [0.15, 0.2) is 5.82 Å². The molecule has 0 saturated carbocycles. The molecule has 8 heteroatoms. The zero-order valence-corrected chi connectivity index (χ0v) is 25.0. The van der Waals surface area contributed by atoms with Crippen LogP contribution in [-0.4, -0.2) is 61.4 Å². The molecule has 5 atom stereocenters. The van der Waals surface area contributed by atoms with Crippen LogP contribution in [0.5, 0.6) is 17.5 Å².